The molecule has 2 aromatic rings. The summed E-state index contributed by atoms with van der Waals surface area (Å²) in [6, 6.07) is 13.0. The highest BCUT2D eigenvalue weighted by Gasteiger charge is 2.51. The first-order valence-corrected chi connectivity index (χ1v) is 10.4. The maximum Gasteiger partial charge on any atom is 0.273 e. The lowest BCUT2D eigenvalue weighted by atomic mass is 9.85. The van der Waals surface area contributed by atoms with E-state index in [2.05, 4.69) is 0 Å². The summed E-state index contributed by atoms with van der Waals surface area (Å²) in [5.41, 5.74) is 1.62. The van der Waals surface area contributed by atoms with Crippen molar-refractivity contribution in [2.75, 3.05) is 6.54 Å². The highest BCUT2D eigenvalue weighted by molar-refractivity contribution is 6.30. The van der Waals surface area contributed by atoms with Crippen molar-refractivity contribution in [2.45, 2.75) is 19.8 Å². The number of aryl methyl sites for hydroxylation is 1. The van der Waals surface area contributed by atoms with E-state index < -0.39 is 36.1 Å². The Morgan fingerprint density at radius 2 is 1.42 bits per heavy atom. The van der Waals surface area contributed by atoms with Gasteiger partial charge in [0.1, 0.15) is 6.54 Å². The molecule has 3 amide bonds. The number of hydrazine groups is 1. The highest BCUT2D eigenvalue weighted by Crippen LogP contribution is 2.36. The minimum atomic E-state index is -0.606. The number of rotatable bonds is 5. The van der Waals surface area contributed by atoms with E-state index in [4.69, 9.17) is 11.6 Å². The normalized spacial score (nSPS) is 20.0. The second kappa shape index (κ2) is 8.47. The molecule has 6 nitrogen and oxygen atoms in total. The molecule has 158 valence electrons. The lowest BCUT2D eigenvalue weighted by Crippen LogP contribution is -2.52. The maximum absolute atomic E-state index is 13.3. The average molecular weight is 437 g/mol. The van der Waals surface area contributed by atoms with Crippen molar-refractivity contribution >= 4 is 35.1 Å². The molecule has 0 spiro atoms. The van der Waals surface area contributed by atoms with Crippen LogP contribution in [-0.2, 0) is 9.59 Å². The lowest BCUT2D eigenvalue weighted by molar-refractivity contribution is -0.154. The molecule has 1 aliphatic heterocycles. The second-order valence-corrected chi connectivity index (χ2v) is 8.24. The smallest absolute Gasteiger partial charge is 0.273 e. The van der Waals surface area contributed by atoms with E-state index in [1.807, 2.05) is 19.1 Å². The van der Waals surface area contributed by atoms with Gasteiger partial charge in [0, 0.05) is 16.1 Å². The van der Waals surface area contributed by atoms with E-state index in [1.165, 1.54) is 12.1 Å². The molecule has 4 rings (SSSR count). The van der Waals surface area contributed by atoms with Gasteiger partial charge in [0.25, 0.3) is 17.7 Å². The van der Waals surface area contributed by atoms with Gasteiger partial charge < -0.3 is 0 Å². The van der Waals surface area contributed by atoms with Crippen molar-refractivity contribution in [1.29, 1.82) is 0 Å². The summed E-state index contributed by atoms with van der Waals surface area (Å²) in [5.74, 6) is -2.88. The number of nitrogens with zero attached hydrogens (tertiary/aromatic N) is 2. The number of hydrogen-bond acceptors (Lipinski definition) is 4. The molecule has 0 saturated carbocycles. The largest absolute Gasteiger partial charge is 0.292 e. The van der Waals surface area contributed by atoms with E-state index in [-0.39, 0.29) is 11.3 Å². The highest BCUT2D eigenvalue weighted by atomic mass is 35.5. The number of halogens is 1. The first-order valence-electron chi connectivity index (χ1n) is 10.1. The van der Waals surface area contributed by atoms with Gasteiger partial charge in [0.15, 0.2) is 5.78 Å². The summed E-state index contributed by atoms with van der Waals surface area (Å²) in [7, 11) is 0. The molecule has 2 aromatic carbocycles. The van der Waals surface area contributed by atoms with Crippen LogP contribution in [0.15, 0.2) is 60.7 Å². The minimum absolute atomic E-state index is 0.231. The Kier molecular flexibility index (Phi) is 5.74. The van der Waals surface area contributed by atoms with Crippen LogP contribution in [0.2, 0.25) is 5.02 Å². The fourth-order valence-corrected chi connectivity index (χ4v) is 4.09. The number of hydrogen-bond donors (Lipinski definition) is 0. The Bertz CT molecular complexity index is 1050. The molecule has 0 radical (unpaired) electrons. The standard InChI is InChI=1S/C24H21ClN2O4/c1-15-6-8-16(9-7-15)21(28)14-26(22(29)17-10-12-18(25)13-11-17)27-23(30)19-4-2-3-5-20(19)24(27)31/h2-3,6-13,19-20H,4-5,14H2,1H3. The number of Topliss-reactive ketones (excluding diaryl/α,β-unsaturated/α-hetero) is 1. The first-order chi connectivity index (χ1) is 14.9. The SMILES string of the molecule is Cc1ccc(C(=O)CN(C(=O)c2ccc(Cl)cc2)N2C(=O)C3CC=CCC3C2=O)cc1. The van der Waals surface area contributed by atoms with E-state index >= 15 is 0 Å². The molecule has 1 heterocycles. The number of benzene rings is 2. The lowest BCUT2D eigenvalue weighted by Gasteiger charge is -2.30. The van der Waals surface area contributed by atoms with Crippen LogP contribution in [0.5, 0.6) is 0 Å². The molecule has 0 aromatic heterocycles. The Morgan fingerprint density at radius 1 is 0.903 bits per heavy atom. The van der Waals surface area contributed by atoms with Gasteiger partial charge in [-0.25, -0.2) is 5.01 Å². The predicted octanol–water partition coefficient (Wildman–Crippen LogP) is 3.84. The van der Waals surface area contributed by atoms with Crippen molar-refractivity contribution in [1.82, 2.24) is 10.0 Å². The Morgan fingerprint density at radius 3 is 1.97 bits per heavy atom. The first kappa shape index (κ1) is 21.0. The molecule has 2 aliphatic rings. The fourth-order valence-electron chi connectivity index (χ4n) is 3.96. The van der Waals surface area contributed by atoms with Crippen LogP contribution in [0.25, 0.3) is 0 Å². The molecule has 1 aliphatic carbocycles. The van der Waals surface area contributed by atoms with Gasteiger partial charge in [0.2, 0.25) is 0 Å². The summed E-state index contributed by atoms with van der Waals surface area (Å²) in [6.07, 6.45) is 4.64. The molecule has 2 unspecified atom stereocenters. The van der Waals surface area contributed by atoms with Crippen LogP contribution in [-0.4, -0.2) is 40.1 Å². The summed E-state index contributed by atoms with van der Waals surface area (Å²) >= 11 is 5.92. The van der Waals surface area contributed by atoms with Gasteiger partial charge >= 0.3 is 0 Å². The molecule has 0 bridgehead atoms. The summed E-state index contributed by atoms with van der Waals surface area (Å²) in [6.45, 7) is 1.48. The third-order valence-corrected chi connectivity index (χ3v) is 5.97. The third-order valence-electron chi connectivity index (χ3n) is 5.72. The van der Waals surface area contributed by atoms with Crippen LogP contribution in [0.3, 0.4) is 0 Å². The van der Waals surface area contributed by atoms with Crippen molar-refractivity contribution in [3.63, 3.8) is 0 Å². The molecular weight excluding hydrogens is 416 g/mol. The zero-order valence-electron chi connectivity index (χ0n) is 17.0. The van der Waals surface area contributed by atoms with Crippen LogP contribution < -0.4 is 0 Å². The number of carbonyl (C=O) groups is 4. The number of carbonyl (C=O) groups excluding carboxylic acids is 4. The van der Waals surface area contributed by atoms with Crippen molar-refractivity contribution < 1.29 is 19.2 Å². The number of imide groups is 1. The zero-order valence-corrected chi connectivity index (χ0v) is 17.7. The van der Waals surface area contributed by atoms with E-state index in [0.717, 1.165) is 15.6 Å². The quantitative estimate of drug-likeness (QED) is 0.405. The molecule has 0 N–H and O–H groups in total. The molecule has 1 saturated heterocycles. The fraction of sp³-hybridized carbons (Fsp3) is 0.250. The summed E-state index contributed by atoms with van der Waals surface area (Å²) in [4.78, 5) is 52.5. The van der Waals surface area contributed by atoms with Gasteiger partial charge in [0.05, 0.1) is 11.8 Å². The van der Waals surface area contributed by atoms with Crippen molar-refractivity contribution in [3.05, 3.63) is 82.4 Å². The van der Waals surface area contributed by atoms with Crippen LogP contribution >= 0.6 is 11.6 Å². The molecular formula is C24H21ClN2O4. The molecule has 31 heavy (non-hydrogen) atoms. The van der Waals surface area contributed by atoms with Crippen LogP contribution in [0.4, 0.5) is 0 Å². The Balaban J connectivity index is 1.68. The number of allylic oxidation sites excluding steroid dienone is 2. The van der Waals surface area contributed by atoms with Gasteiger partial charge in [-0.1, -0.05) is 53.6 Å². The van der Waals surface area contributed by atoms with Crippen molar-refractivity contribution in [2.24, 2.45) is 11.8 Å². The topological polar surface area (TPSA) is 74.8 Å². The van der Waals surface area contributed by atoms with Crippen LogP contribution in [0.1, 0.15) is 39.1 Å². The second-order valence-electron chi connectivity index (χ2n) is 7.80. The van der Waals surface area contributed by atoms with E-state index in [1.54, 1.807) is 36.4 Å². The molecule has 2 atom stereocenters. The summed E-state index contributed by atoms with van der Waals surface area (Å²) in [5, 5.41) is 2.31. The number of fused-ring (bicyclic) bond motifs is 1. The van der Waals surface area contributed by atoms with E-state index in [9.17, 15) is 19.2 Å². The molecule has 7 heteroatoms. The minimum Gasteiger partial charge on any atom is -0.292 e. The van der Waals surface area contributed by atoms with E-state index in [0.29, 0.717) is 23.4 Å². The molecule has 1 fully saturated rings. The summed E-state index contributed by atoms with van der Waals surface area (Å²) < 4.78 is 0. The van der Waals surface area contributed by atoms with Gasteiger partial charge in [-0.05, 0) is 44.0 Å². The van der Waals surface area contributed by atoms with Crippen molar-refractivity contribution in [3.8, 4) is 0 Å². The Labute approximate surface area is 185 Å². The third kappa shape index (κ3) is 4.03. The maximum atomic E-state index is 13.3. The predicted molar refractivity (Wildman–Crippen MR) is 115 cm³/mol. The average Bonchev–Trinajstić information content (AvgIpc) is 3.03. The number of ketones is 1. The zero-order chi connectivity index (χ0) is 22.1. The van der Waals surface area contributed by atoms with Gasteiger partial charge in [-0.3, -0.25) is 19.2 Å². The van der Waals surface area contributed by atoms with Crippen LogP contribution in [0, 0.1) is 18.8 Å². The van der Waals surface area contributed by atoms with Gasteiger partial charge in [-0.15, -0.1) is 0 Å². The van der Waals surface area contributed by atoms with Gasteiger partial charge in [-0.2, -0.15) is 5.01 Å². The Hall–Kier alpha value is -3.25. The monoisotopic (exact) mass is 436 g/mol. The number of amides is 3.